The van der Waals surface area contributed by atoms with Gasteiger partial charge in [-0.05, 0) is 24.8 Å². The molecule has 2 aromatic carbocycles. The van der Waals surface area contributed by atoms with Gasteiger partial charge in [0.15, 0.2) is 0 Å². The highest BCUT2D eigenvalue weighted by Crippen LogP contribution is 2.35. The van der Waals surface area contributed by atoms with Gasteiger partial charge in [-0.25, -0.2) is 4.79 Å². The summed E-state index contributed by atoms with van der Waals surface area (Å²) in [6, 6.07) is 11.3. The van der Waals surface area contributed by atoms with E-state index in [9.17, 15) is 28.3 Å². The number of aliphatic carboxylic acids is 1. The molecule has 1 aliphatic rings. The van der Waals surface area contributed by atoms with Crippen LogP contribution in [0.5, 0.6) is 0 Å². The molecule has 0 unspecified atom stereocenters. The van der Waals surface area contributed by atoms with E-state index < -0.39 is 29.7 Å². The van der Waals surface area contributed by atoms with E-state index in [2.05, 4.69) is 5.32 Å². The molecule has 0 spiro atoms. The van der Waals surface area contributed by atoms with E-state index in [-0.39, 0.29) is 28.5 Å². The highest BCUT2D eigenvalue weighted by molar-refractivity contribution is 7.99. The van der Waals surface area contributed by atoms with Crippen molar-refractivity contribution >= 4 is 29.5 Å². The number of halogens is 2. The van der Waals surface area contributed by atoms with Gasteiger partial charge in [0.1, 0.15) is 6.04 Å². The summed E-state index contributed by atoms with van der Waals surface area (Å²) in [6.45, 7) is -0.0677. The smallest absolute Gasteiger partial charge is 0.326 e. The van der Waals surface area contributed by atoms with Crippen LogP contribution in [0.1, 0.15) is 27.9 Å². The van der Waals surface area contributed by atoms with Gasteiger partial charge in [-0.15, -0.1) is 0 Å². The molecule has 1 aliphatic heterocycles. The van der Waals surface area contributed by atoms with Gasteiger partial charge in [-0.3, -0.25) is 9.59 Å². The van der Waals surface area contributed by atoms with Gasteiger partial charge in [0.05, 0.1) is 6.54 Å². The summed E-state index contributed by atoms with van der Waals surface area (Å²) in [7, 11) is 0. The Hall–Kier alpha value is -2.94. The molecule has 0 aromatic heterocycles. The van der Waals surface area contributed by atoms with Gasteiger partial charge in [-0.1, -0.05) is 42.5 Å². The van der Waals surface area contributed by atoms with Crippen LogP contribution >= 0.6 is 11.8 Å². The number of likely N-dealkylation sites (tertiary alicyclic amines) is 1. The van der Waals surface area contributed by atoms with Crippen molar-refractivity contribution in [2.24, 2.45) is 0 Å². The van der Waals surface area contributed by atoms with Crippen LogP contribution in [-0.2, 0) is 15.5 Å². The molecule has 9 heteroatoms. The second kappa shape index (κ2) is 9.47. The number of rotatable bonds is 7. The largest absolute Gasteiger partial charge is 0.480 e. The van der Waals surface area contributed by atoms with Crippen LogP contribution < -0.4 is 5.32 Å². The zero-order chi connectivity index (χ0) is 22.6. The van der Waals surface area contributed by atoms with Gasteiger partial charge in [0.2, 0.25) is 5.91 Å². The number of amides is 2. The monoisotopic (exact) mass is 448 g/mol. The summed E-state index contributed by atoms with van der Waals surface area (Å²) in [4.78, 5) is 37.4. The van der Waals surface area contributed by atoms with Crippen LogP contribution in [0.3, 0.4) is 0 Å². The van der Waals surface area contributed by atoms with E-state index in [4.69, 9.17) is 0 Å². The molecule has 3 rings (SSSR count). The summed E-state index contributed by atoms with van der Waals surface area (Å²) >= 11 is 1.49. The molecule has 0 aliphatic carbocycles. The molecule has 0 radical (unpaired) electrons. The minimum Gasteiger partial charge on any atom is -0.480 e. The molecule has 1 heterocycles. The first kappa shape index (κ1) is 22.7. The van der Waals surface area contributed by atoms with Crippen molar-refractivity contribution < 1.29 is 28.3 Å². The first-order valence-corrected chi connectivity index (χ1v) is 10.9. The lowest BCUT2D eigenvalue weighted by Crippen LogP contribution is -2.45. The molecule has 2 N–H and O–H groups in total. The highest BCUT2D eigenvalue weighted by Gasteiger charge is 2.39. The van der Waals surface area contributed by atoms with Crippen molar-refractivity contribution in [1.82, 2.24) is 10.2 Å². The molecular weight excluding hydrogens is 426 g/mol. The molecule has 6 nitrogen and oxygen atoms in total. The number of hydrogen-bond donors (Lipinski definition) is 2. The Morgan fingerprint density at radius 2 is 1.71 bits per heavy atom. The highest BCUT2D eigenvalue weighted by atomic mass is 32.2. The third-order valence-electron chi connectivity index (χ3n) is 5.25. The Kier molecular flexibility index (Phi) is 6.94. The molecule has 164 valence electrons. The SMILES string of the molecule is CS[C@@H]1C[C@@H](C(=O)O)N(C(=O)CNC(=O)c2ccc(C(F)(F)c3ccccc3)cc2)C1. The topological polar surface area (TPSA) is 86.7 Å². The summed E-state index contributed by atoms with van der Waals surface area (Å²) in [5, 5.41) is 11.8. The van der Waals surface area contributed by atoms with Crippen LogP contribution in [0.15, 0.2) is 54.6 Å². The number of alkyl halides is 2. The van der Waals surface area contributed by atoms with Gasteiger partial charge in [0.25, 0.3) is 11.8 Å². The maximum atomic E-state index is 14.6. The average molecular weight is 448 g/mol. The first-order chi connectivity index (χ1) is 14.7. The molecule has 0 bridgehead atoms. The van der Waals surface area contributed by atoms with Crippen LogP contribution in [0, 0.1) is 0 Å². The fourth-order valence-corrected chi connectivity index (χ4v) is 4.17. The number of carboxylic acids is 1. The van der Waals surface area contributed by atoms with Crippen LogP contribution in [0.25, 0.3) is 0 Å². The van der Waals surface area contributed by atoms with E-state index in [0.717, 1.165) is 0 Å². The summed E-state index contributed by atoms with van der Waals surface area (Å²) in [5.41, 5.74) is -0.283. The Morgan fingerprint density at radius 3 is 2.29 bits per heavy atom. The van der Waals surface area contributed by atoms with Crippen molar-refractivity contribution in [2.45, 2.75) is 23.6 Å². The Labute approximate surface area is 182 Å². The molecule has 1 fully saturated rings. The maximum absolute atomic E-state index is 14.6. The summed E-state index contributed by atoms with van der Waals surface area (Å²) < 4.78 is 29.2. The lowest BCUT2D eigenvalue weighted by molar-refractivity contribution is -0.147. The summed E-state index contributed by atoms with van der Waals surface area (Å²) in [6.07, 6.45) is 2.21. The third-order valence-corrected chi connectivity index (χ3v) is 6.26. The first-order valence-electron chi connectivity index (χ1n) is 9.61. The van der Waals surface area contributed by atoms with Crippen LogP contribution in [0.4, 0.5) is 8.78 Å². The minimum atomic E-state index is -3.21. The van der Waals surface area contributed by atoms with E-state index in [1.807, 2.05) is 6.26 Å². The van der Waals surface area contributed by atoms with E-state index in [0.29, 0.717) is 13.0 Å². The zero-order valence-electron chi connectivity index (χ0n) is 16.8. The summed E-state index contributed by atoms with van der Waals surface area (Å²) in [5.74, 6) is -5.38. The predicted octanol–water partition coefficient (Wildman–Crippen LogP) is 2.97. The number of benzene rings is 2. The van der Waals surface area contributed by atoms with Crippen molar-refractivity contribution in [2.75, 3.05) is 19.3 Å². The predicted molar refractivity (Wildman–Crippen MR) is 113 cm³/mol. The molecular formula is C22H22F2N2O4S. The fourth-order valence-electron chi connectivity index (χ4n) is 3.48. The zero-order valence-corrected chi connectivity index (χ0v) is 17.6. The van der Waals surface area contributed by atoms with Crippen LogP contribution in [-0.4, -0.2) is 58.4 Å². The second-order valence-electron chi connectivity index (χ2n) is 7.19. The van der Waals surface area contributed by atoms with Crippen LogP contribution in [0.2, 0.25) is 0 Å². The Balaban J connectivity index is 1.62. The third kappa shape index (κ3) is 5.04. The molecule has 1 saturated heterocycles. The number of hydrogen-bond acceptors (Lipinski definition) is 4. The number of carbonyl (C=O) groups is 3. The standard InChI is InChI=1S/C22H22F2N2O4S/c1-31-17-11-18(21(29)30)26(13-17)19(27)12-25-20(28)14-7-9-16(10-8-14)22(23,24)15-5-3-2-4-6-15/h2-10,17-18H,11-13H2,1H3,(H,25,28)(H,29,30)/t17-,18+/m1/s1. The number of nitrogens with zero attached hydrogens (tertiary/aromatic N) is 1. The Morgan fingerprint density at radius 1 is 1.10 bits per heavy atom. The van der Waals surface area contributed by atoms with Gasteiger partial charge < -0.3 is 15.3 Å². The fraction of sp³-hybridized carbons (Fsp3) is 0.318. The van der Waals surface area contributed by atoms with Crippen molar-refractivity contribution in [1.29, 1.82) is 0 Å². The lowest BCUT2D eigenvalue weighted by atomic mass is 9.99. The van der Waals surface area contributed by atoms with Gasteiger partial charge in [0, 0.05) is 28.5 Å². The number of carboxylic acid groups (broad SMARTS) is 1. The van der Waals surface area contributed by atoms with Crippen molar-refractivity contribution in [3.05, 3.63) is 71.3 Å². The van der Waals surface area contributed by atoms with Gasteiger partial charge in [-0.2, -0.15) is 20.5 Å². The number of carbonyl (C=O) groups excluding carboxylic acids is 2. The number of nitrogens with one attached hydrogen (secondary N) is 1. The molecule has 2 atom stereocenters. The molecule has 2 amide bonds. The normalized spacial score (nSPS) is 18.6. The van der Waals surface area contributed by atoms with E-state index in [1.165, 1.54) is 65.2 Å². The van der Waals surface area contributed by atoms with E-state index >= 15 is 0 Å². The quantitative estimate of drug-likeness (QED) is 0.680. The molecule has 0 saturated carbocycles. The second-order valence-corrected chi connectivity index (χ2v) is 8.33. The van der Waals surface area contributed by atoms with Crippen molar-refractivity contribution in [3.8, 4) is 0 Å². The maximum Gasteiger partial charge on any atom is 0.326 e. The number of thioether (sulfide) groups is 1. The average Bonchev–Trinajstić information content (AvgIpc) is 3.23. The lowest BCUT2D eigenvalue weighted by Gasteiger charge is -2.21. The Bertz CT molecular complexity index is 954. The van der Waals surface area contributed by atoms with Crippen molar-refractivity contribution in [3.63, 3.8) is 0 Å². The van der Waals surface area contributed by atoms with E-state index in [1.54, 1.807) is 6.07 Å². The van der Waals surface area contributed by atoms with Gasteiger partial charge >= 0.3 is 5.97 Å². The molecule has 2 aromatic rings. The minimum absolute atomic E-state index is 0.0274. The molecule has 31 heavy (non-hydrogen) atoms.